The summed E-state index contributed by atoms with van der Waals surface area (Å²) >= 11 is 0.618. The number of alkyl halides is 3. The zero-order chi connectivity index (χ0) is 24.2. The van der Waals surface area contributed by atoms with E-state index in [1.165, 1.54) is 37.3 Å². The molecule has 0 radical (unpaired) electrons. The fourth-order valence-electron chi connectivity index (χ4n) is 2.72. The molecular formula is C21H17F3N4O4S. The van der Waals surface area contributed by atoms with Gasteiger partial charge >= 0.3 is 6.18 Å². The van der Waals surface area contributed by atoms with Gasteiger partial charge in [-0.15, -0.1) is 11.3 Å². The van der Waals surface area contributed by atoms with Crippen LogP contribution in [0.3, 0.4) is 0 Å². The minimum atomic E-state index is -5.20. The zero-order valence-corrected chi connectivity index (χ0v) is 17.8. The number of rotatable bonds is 6. The number of carbonyl (C=O) groups excluding carboxylic acids is 2. The van der Waals surface area contributed by atoms with Gasteiger partial charge in [-0.2, -0.15) is 18.4 Å². The molecule has 0 fully saturated rings. The number of ether oxygens (including phenoxy) is 1. The maximum atomic E-state index is 13.7. The molecule has 0 saturated carbocycles. The smallest absolute Gasteiger partial charge is 0.424 e. The van der Waals surface area contributed by atoms with E-state index in [9.17, 15) is 27.9 Å². The number of thiazole rings is 1. The number of aliphatic hydroxyl groups is 1. The molecule has 0 spiro atoms. The number of benzene rings is 2. The first-order chi connectivity index (χ1) is 15.5. The van der Waals surface area contributed by atoms with Crippen LogP contribution in [0, 0.1) is 11.3 Å². The molecule has 2 amide bonds. The van der Waals surface area contributed by atoms with Gasteiger partial charge in [0, 0.05) is 0 Å². The first-order valence-electron chi connectivity index (χ1n) is 9.44. The molecule has 3 aromatic rings. The molecule has 2 aromatic carbocycles. The number of nitrogens with one attached hydrogen (secondary N) is 2. The van der Waals surface area contributed by atoms with Crippen molar-refractivity contribution in [2.75, 3.05) is 0 Å². The van der Waals surface area contributed by atoms with Gasteiger partial charge in [-0.25, -0.2) is 4.98 Å². The van der Waals surface area contributed by atoms with Crippen molar-refractivity contribution in [1.29, 1.82) is 5.26 Å². The van der Waals surface area contributed by atoms with Gasteiger partial charge in [0.25, 0.3) is 5.91 Å². The van der Waals surface area contributed by atoms with Gasteiger partial charge in [0.1, 0.15) is 10.8 Å². The van der Waals surface area contributed by atoms with Gasteiger partial charge in [0.15, 0.2) is 6.10 Å². The second kappa shape index (κ2) is 9.43. The Balaban J connectivity index is 1.64. The Morgan fingerprint density at radius 1 is 1.18 bits per heavy atom. The van der Waals surface area contributed by atoms with E-state index in [0.717, 1.165) is 0 Å². The summed E-state index contributed by atoms with van der Waals surface area (Å²) in [5.41, 5.74) is 0.913. The van der Waals surface area contributed by atoms with Crippen LogP contribution in [0.5, 0.6) is 5.75 Å². The number of hydrogen-bond donors (Lipinski definition) is 3. The number of para-hydroxylation sites is 1. The fraction of sp³-hybridized carbons (Fsp3) is 0.238. The monoisotopic (exact) mass is 478 g/mol. The highest BCUT2D eigenvalue weighted by atomic mass is 32.1. The third-order valence-electron chi connectivity index (χ3n) is 4.52. The van der Waals surface area contributed by atoms with Gasteiger partial charge in [-0.05, 0) is 43.3 Å². The Hall–Kier alpha value is -3.69. The molecule has 0 saturated heterocycles. The van der Waals surface area contributed by atoms with Gasteiger partial charge < -0.3 is 9.84 Å². The molecule has 2 atom stereocenters. The lowest BCUT2D eigenvalue weighted by Crippen LogP contribution is -2.51. The van der Waals surface area contributed by atoms with Gasteiger partial charge in [0.05, 0.1) is 28.3 Å². The summed E-state index contributed by atoms with van der Waals surface area (Å²) in [6, 6.07) is 14.0. The third kappa shape index (κ3) is 5.39. The molecular weight excluding hydrogens is 461 g/mol. The SMILES string of the molecule is C[C@@H](Oc1ccc(C#N)cc1)C(=O)NNC(=O)C[C@](O)(c1nc2ccccc2s1)C(F)(F)F. The normalized spacial score (nSPS) is 14.1. The summed E-state index contributed by atoms with van der Waals surface area (Å²) in [7, 11) is 0. The van der Waals surface area contributed by atoms with Crippen molar-refractivity contribution in [3.8, 4) is 11.8 Å². The third-order valence-corrected chi connectivity index (χ3v) is 5.71. The minimum Gasteiger partial charge on any atom is -0.481 e. The largest absolute Gasteiger partial charge is 0.481 e. The van der Waals surface area contributed by atoms with Crippen LogP contribution in [-0.2, 0) is 15.2 Å². The molecule has 0 aliphatic carbocycles. The van der Waals surface area contributed by atoms with Crippen LogP contribution in [0.2, 0.25) is 0 Å². The summed E-state index contributed by atoms with van der Waals surface area (Å²) in [5, 5.41) is 18.5. The van der Waals surface area contributed by atoms with Gasteiger partial charge in [0.2, 0.25) is 11.5 Å². The molecule has 12 heteroatoms. The van der Waals surface area contributed by atoms with Gasteiger partial charge in [-0.1, -0.05) is 12.1 Å². The summed E-state index contributed by atoms with van der Waals surface area (Å²) in [6.45, 7) is 1.35. The van der Waals surface area contributed by atoms with Crippen molar-refractivity contribution in [3.05, 3.63) is 59.1 Å². The average Bonchev–Trinajstić information content (AvgIpc) is 3.22. The summed E-state index contributed by atoms with van der Waals surface area (Å²) in [6.07, 6.45) is -7.74. The topological polar surface area (TPSA) is 124 Å². The molecule has 172 valence electrons. The van der Waals surface area contributed by atoms with Crippen molar-refractivity contribution in [3.63, 3.8) is 0 Å². The number of hydrogen-bond acceptors (Lipinski definition) is 7. The summed E-state index contributed by atoms with van der Waals surface area (Å²) < 4.78 is 46.9. The maximum absolute atomic E-state index is 13.7. The lowest BCUT2D eigenvalue weighted by Gasteiger charge is -2.27. The Morgan fingerprint density at radius 2 is 1.85 bits per heavy atom. The highest BCUT2D eigenvalue weighted by Gasteiger charge is 2.58. The Kier molecular flexibility index (Phi) is 6.85. The van der Waals surface area contributed by atoms with E-state index in [4.69, 9.17) is 10.00 Å². The second-order valence-electron chi connectivity index (χ2n) is 6.96. The van der Waals surface area contributed by atoms with E-state index in [1.54, 1.807) is 18.2 Å². The molecule has 0 aliphatic heterocycles. The van der Waals surface area contributed by atoms with Crippen LogP contribution in [0.25, 0.3) is 10.2 Å². The predicted octanol–water partition coefficient (Wildman–Crippen LogP) is 2.92. The number of hydrazine groups is 1. The molecule has 8 nitrogen and oxygen atoms in total. The fourth-order valence-corrected chi connectivity index (χ4v) is 3.80. The Bertz CT molecular complexity index is 1170. The highest BCUT2D eigenvalue weighted by Crippen LogP contribution is 2.44. The van der Waals surface area contributed by atoms with Crippen LogP contribution >= 0.6 is 11.3 Å². The molecule has 3 N–H and O–H groups in total. The average molecular weight is 478 g/mol. The standard InChI is InChI=1S/C21H17F3N4O4S/c1-12(32-14-8-6-13(11-25)7-9-14)18(30)28-27-17(29)10-20(31,21(22,23)24)19-26-15-4-2-3-5-16(15)33-19/h2-9,12,31H,10H2,1H3,(H,27,29)(H,28,30)/t12-,20+/m1/s1. The lowest BCUT2D eigenvalue weighted by molar-refractivity contribution is -0.267. The molecule has 1 heterocycles. The van der Waals surface area contributed by atoms with E-state index >= 15 is 0 Å². The van der Waals surface area contributed by atoms with E-state index in [1.807, 2.05) is 16.9 Å². The lowest BCUT2D eigenvalue weighted by atomic mass is 9.99. The van der Waals surface area contributed by atoms with Crippen molar-refractivity contribution in [2.45, 2.75) is 31.2 Å². The van der Waals surface area contributed by atoms with Crippen molar-refractivity contribution < 1.29 is 32.6 Å². The van der Waals surface area contributed by atoms with Crippen LogP contribution in [-0.4, -0.2) is 34.2 Å². The van der Waals surface area contributed by atoms with Crippen LogP contribution in [0.1, 0.15) is 23.9 Å². The number of halogens is 3. The zero-order valence-electron chi connectivity index (χ0n) is 17.0. The Morgan fingerprint density at radius 3 is 2.45 bits per heavy atom. The quantitative estimate of drug-likeness (QED) is 0.468. The van der Waals surface area contributed by atoms with E-state index in [0.29, 0.717) is 21.6 Å². The highest BCUT2D eigenvalue weighted by molar-refractivity contribution is 7.18. The second-order valence-corrected chi connectivity index (χ2v) is 7.99. The van der Waals surface area contributed by atoms with Crippen LogP contribution in [0.15, 0.2) is 48.5 Å². The number of aromatic nitrogens is 1. The maximum Gasteiger partial charge on any atom is 0.424 e. The number of nitriles is 1. The van der Waals surface area contributed by atoms with E-state index < -0.39 is 41.1 Å². The number of amides is 2. The molecule has 3 rings (SSSR count). The summed E-state index contributed by atoms with van der Waals surface area (Å²) in [4.78, 5) is 28.1. The van der Waals surface area contributed by atoms with Crippen molar-refractivity contribution in [1.82, 2.24) is 15.8 Å². The molecule has 0 bridgehead atoms. The van der Waals surface area contributed by atoms with E-state index in [2.05, 4.69) is 4.98 Å². The molecule has 0 aliphatic rings. The molecule has 1 aromatic heterocycles. The Labute approximate surface area is 189 Å². The first-order valence-corrected chi connectivity index (χ1v) is 10.3. The summed E-state index contributed by atoms with van der Waals surface area (Å²) in [5.74, 6) is -1.86. The van der Waals surface area contributed by atoms with Crippen molar-refractivity contribution >= 4 is 33.4 Å². The van der Waals surface area contributed by atoms with Crippen molar-refractivity contribution in [2.24, 2.45) is 0 Å². The number of nitrogens with zero attached hydrogens (tertiary/aromatic N) is 2. The first kappa shape index (κ1) is 24.0. The minimum absolute atomic E-state index is 0.252. The van der Waals surface area contributed by atoms with E-state index in [-0.39, 0.29) is 11.3 Å². The van der Waals surface area contributed by atoms with Gasteiger partial charge in [-0.3, -0.25) is 20.4 Å². The molecule has 33 heavy (non-hydrogen) atoms. The molecule has 0 unspecified atom stereocenters. The number of fused-ring (bicyclic) bond motifs is 1. The number of carbonyl (C=O) groups is 2. The van der Waals surface area contributed by atoms with Crippen LogP contribution < -0.4 is 15.6 Å². The van der Waals surface area contributed by atoms with Crippen LogP contribution in [0.4, 0.5) is 13.2 Å². The predicted molar refractivity (Wildman–Crippen MR) is 112 cm³/mol.